The highest BCUT2D eigenvalue weighted by Crippen LogP contribution is 2.23. The molecule has 1 aromatic carbocycles. The summed E-state index contributed by atoms with van der Waals surface area (Å²) in [4.78, 5) is 6.40. The summed E-state index contributed by atoms with van der Waals surface area (Å²) in [5.41, 5.74) is 7.22. The molecule has 0 aliphatic heterocycles. The number of likely N-dealkylation sites (N-methyl/N-ethyl adjacent to an activating group) is 1. The second-order valence-corrected chi connectivity index (χ2v) is 5.03. The summed E-state index contributed by atoms with van der Waals surface area (Å²) in [6, 6.07) is 4.53. The summed E-state index contributed by atoms with van der Waals surface area (Å²) < 4.78 is 19.0. The van der Waals surface area contributed by atoms with E-state index in [4.69, 9.17) is 10.3 Å². The Morgan fingerprint density at radius 3 is 2.67 bits per heavy atom. The molecule has 0 fully saturated rings. The number of hydrogen-bond acceptors (Lipinski definition) is 5. The number of halogens is 1. The molecule has 114 valence electrons. The molecule has 2 N–H and O–H groups in total. The molecule has 0 saturated carbocycles. The van der Waals surface area contributed by atoms with E-state index >= 15 is 0 Å². The molecule has 1 heterocycles. The first-order valence-corrected chi connectivity index (χ1v) is 7.13. The van der Waals surface area contributed by atoms with Gasteiger partial charge in [-0.05, 0) is 37.7 Å². The second-order valence-electron chi connectivity index (χ2n) is 5.03. The first kappa shape index (κ1) is 15.6. The Morgan fingerprint density at radius 2 is 2.05 bits per heavy atom. The van der Waals surface area contributed by atoms with Gasteiger partial charge in [-0.3, -0.25) is 0 Å². The lowest BCUT2D eigenvalue weighted by molar-refractivity contribution is 0.278. The van der Waals surface area contributed by atoms with Crippen molar-refractivity contribution in [3.63, 3.8) is 0 Å². The molecule has 0 bridgehead atoms. The van der Waals surface area contributed by atoms with Crippen molar-refractivity contribution in [2.75, 3.05) is 19.6 Å². The van der Waals surface area contributed by atoms with Crippen LogP contribution in [-0.2, 0) is 0 Å². The van der Waals surface area contributed by atoms with Crippen LogP contribution in [0, 0.1) is 12.7 Å². The quantitative estimate of drug-likeness (QED) is 0.886. The van der Waals surface area contributed by atoms with Crippen LogP contribution in [-0.4, -0.2) is 34.7 Å². The molecular formula is C15H21FN4O. The zero-order valence-electron chi connectivity index (χ0n) is 12.6. The van der Waals surface area contributed by atoms with Crippen LogP contribution in [0.1, 0.15) is 31.3 Å². The zero-order chi connectivity index (χ0) is 15.4. The molecule has 2 aromatic rings. The van der Waals surface area contributed by atoms with Gasteiger partial charge < -0.3 is 15.2 Å². The predicted molar refractivity (Wildman–Crippen MR) is 79.1 cm³/mol. The fourth-order valence-corrected chi connectivity index (χ4v) is 2.13. The maximum atomic E-state index is 13.9. The zero-order valence-corrected chi connectivity index (χ0v) is 12.6. The predicted octanol–water partition coefficient (Wildman–Crippen LogP) is 2.53. The van der Waals surface area contributed by atoms with E-state index in [-0.39, 0.29) is 17.7 Å². The van der Waals surface area contributed by atoms with E-state index in [0.717, 1.165) is 18.7 Å². The molecule has 0 aliphatic carbocycles. The molecule has 2 rings (SSSR count). The molecule has 0 aliphatic rings. The summed E-state index contributed by atoms with van der Waals surface area (Å²) in [6.45, 7) is 8.41. The Hall–Kier alpha value is -1.79. The Labute approximate surface area is 123 Å². The Kier molecular flexibility index (Phi) is 5.03. The summed E-state index contributed by atoms with van der Waals surface area (Å²) in [7, 11) is 0. The van der Waals surface area contributed by atoms with E-state index in [1.54, 1.807) is 12.1 Å². The highest BCUT2D eigenvalue weighted by atomic mass is 19.1. The molecule has 5 nitrogen and oxygen atoms in total. The second kappa shape index (κ2) is 6.78. The molecule has 0 saturated heterocycles. The minimum atomic E-state index is -0.373. The minimum Gasteiger partial charge on any atom is -0.334 e. The first-order valence-electron chi connectivity index (χ1n) is 7.13. The third-order valence-corrected chi connectivity index (χ3v) is 3.48. The van der Waals surface area contributed by atoms with Crippen molar-refractivity contribution in [2.24, 2.45) is 5.73 Å². The summed E-state index contributed by atoms with van der Waals surface area (Å²) in [5, 5.41) is 3.87. The normalized spacial score (nSPS) is 12.9. The fraction of sp³-hybridized carbons (Fsp3) is 0.467. The van der Waals surface area contributed by atoms with Crippen molar-refractivity contribution in [3.05, 3.63) is 35.4 Å². The Morgan fingerprint density at radius 1 is 1.33 bits per heavy atom. The van der Waals surface area contributed by atoms with Gasteiger partial charge >= 0.3 is 0 Å². The minimum absolute atomic E-state index is 0.164. The van der Waals surface area contributed by atoms with E-state index in [1.807, 2.05) is 6.92 Å². The topological polar surface area (TPSA) is 68.2 Å². The monoisotopic (exact) mass is 292 g/mol. The number of benzene rings is 1. The van der Waals surface area contributed by atoms with Gasteiger partial charge in [0.1, 0.15) is 5.82 Å². The van der Waals surface area contributed by atoms with Gasteiger partial charge in [-0.15, -0.1) is 0 Å². The number of aromatic nitrogens is 2. The number of rotatable bonds is 6. The van der Waals surface area contributed by atoms with Gasteiger partial charge in [0.15, 0.2) is 5.82 Å². The number of nitrogens with zero attached hydrogens (tertiary/aromatic N) is 3. The molecule has 1 aromatic heterocycles. The van der Waals surface area contributed by atoms with Crippen LogP contribution in [0.15, 0.2) is 22.7 Å². The third-order valence-electron chi connectivity index (χ3n) is 3.48. The number of nitrogens with two attached hydrogens (primary N) is 1. The van der Waals surface area contributed by atoms with Gasteiger partial charge in [0.2, 0.25) is 0 Å². The summed E-state index contributed by atoms with van der Waals surface area (Å²) in [6.07, 6.45) is 0. The molecule has 21 heavy (non-hydrogen) atoms. The Balaban J connectivity index is 2.17. The van der Waals surface area contributed by atoms with Crippen LogP contribution in [0.3, 0.4) is 0 Å². The largest absolute Gasteiger partial charge is 0.334 e. The van der Waals surface area contributed by atoms with Gasteiger partial charge in [-0.1, -0.05) is 25.1 Å². The van der Waals surface area contributed by atoms with Crippen molar-refractivity contribution < 1.29 is 8.91 Å². The van der Waals surface area contributed by atoms with Gasteiger partial charge in [-0.2, -0.15) is 4.98 Å². The van der Waals surface area contributed by atoms with Crippen molar-refractivity contribution in [3.8, 4) is 11.5 Å². The smallest absolute Gasteiger partial charge is 0.260 e. The Bertz CT molecular complexity index is 595. The molecule has 0 spiro atoms. The number of aryl methyl sites for hydroxylation is 1. The SMILES string of the molecule is CCN(CC)CC(N)c1noc(-c2ccc(C)cc2F)n1. The average molecular weight is 292 g/mol. The molecular weight excluding hydrogens is 271 g/mol. The lowest BCUT2D eigenvalue weighted by atomic mass is 10.1. The van der Waals surface area contributed by atoms with Crippen LogP contribution >= 0.6 is 0 Å². The first-order chi connectivity index (χ1) is 10.0. The van der Waals surface area contributed by atoms with Crippen molar-refractivity contribution >= 4 is 0 Å². The van der Waals surface area contributed by atoms with Gasteiger partial charge in [0, 0.05) is 6.54 Å². The molecule has 1 unspecified atom stereocenters. The highest BCUT2D eigenvalue weighted by Gasteiger charge is 2.19. The van der Waals surface area contributed by atoms with Crippen LogP contribution in [0.2, 0.25) is 0 Å². The maximum Gasteiger partial charge on any atom is 0.260 e. The van der Waals surface area contributed by atoms with Crippen LogP contribution in [0.4, 0.5) is 4.39 Å². The summed E-state index contributed by atoms with van der Waals surface area (Å²) in [5.74, 6) is 0.192. The van der Waals surface area contributed by atoms with Crippen molar-refractivity contribution in [1.82, 2.24) is 15.0 Å². The van der Waals surface area contributed by atoms with Crippen molar-refractivity contribution in [1.29, 1.82) is 0 Å². The maximum absolute atomic E-state index is 13.9. The summed E-state index contributed by atoms with van der Waals surface area (Å²) >= 11 is 0. The van der Waals surface area contributed by atoms with E-state index in [1.165, 1.54) is 6.07 Å². The lowest BCUT2D eigenvalue weighted by Crippen LogP contribution is -2.32. The van der Waals surface area contributed by atoms with Crippen LogP contribution in [0.25, 0.3) is 11.5 Å². The van der Waals surface area contributed by atoms with E-state index in [9.17, 15) is 4.39 Å². The van der Waals surface area contributed by atoms with E-state index < -0.39 is 0 Å². The van der Waals surface area contributed by atoms with E-state index in [2.05, 4.69) is 28.9 Å². The van der Waals surface area contributed by atoms with E-state index in [0.29, 0.717) is 17.9 Å². The van der Waals surface area contributed by atoms with Gasteiger partial charge in [0.25, 0.3) is 5.89 Å². The molecule has 6 heteroatoms. The van der Waals surface area contributed by atoms with Crippen molar-refractivity contribution in [2.45, 2.75) is 26.8 Å². The average Bonchev–Trinajstić information content (AvgIpc) is 2.94. The van der Waals surface area contributed by atoms with Gasteiger partial charge in [-0.25, -0.2) is 4.39 Å². The van der Waals surface area contributed by atoms with Crippen LogP contribution < -0.4 is 5.73 Å². The molecule has 1 atom stereocenters. The fourth-order valence-electron chi connectivity index (χ4n) is 2.13. The molecule has 0 radical (unpaired) electrons. The third kappa shape index (κ3) is 3.65. The lowest BCUT2D eigenvalue weighted by Gasteiger charge is -2.20. The highest BCUT2D eigenvalue weighted by molar-refractivity contribution is 5.54. The van der Waals surface area contributed by atoms with Gasteiger partial charge in [0.05, 0.1) is 11.6 Å². The standard InChI is InChI=1S/C15H21FN4O/c1-4-20(5-2)9-13(17)14-18-15(21-19-14)11-7-6-10(3)8-12(11)16/h6-8,13H,4-5,9,17H2,1-3H3. The number of hydrogen-bond donors (Lipinski definition) is 1. The van der Waals surface area contributed by atoms with Crippen LogP contribution in [0.5, 0.6) is 0 Å². The molecule has 0 amide bonds.